The Morgan fingerprint density at radius 1 is 1.19 bits per heavy atom. The van der Waals surface area contributed by atoms with Crippen molar-refractivity contribution in [1.29, 1.82) is 0 Å². The van der Waals surface area contributed by atoms with E-state index in [1.165, 1.54) is 0 Å². The Bertz CT molecular complexity index is 844. The normalized spacial score (nSPS) is 55.5. The summed E-state index contributed by atoms with van der Waals surface area (Å²) in [6.07, 6.45) is 7.13. The molecule has 4 saturated heterocycles. The van der Waals surface area contributed by atoms with Gasteiger partial charge in [0.25, 0.3) is 0 Å². The minimum Gasteiger partial charge on any atom is -0.472 e. The van der Waals surface area contributed by atoms with E-state index in [4.69, 9.17) is 23.4 Å². The molecule has 136 valence electrons. The molecular formula is C20H20O6. The van der Waals surface area contributed by atoms with E-state index in [9.17, 15) is 4.79 Å². The average molecular weight is 356 g/mol. The van der Waals surface area contributed by atoms with Gasteiger partial charge in [-0.25, -0.2) is 4.79 Å². The third-order valence-electron chi connectivity index (χ3n) is 8.06. The van der Waals surface area contributed by atoms with Crippen LogP contribution in [-0.2, 0) is 23.7 Å². The molecule has 26 heavy (non-hydrogen) atoms. The molecule has 4 aliphatic heterocycles. The lowest BCUT2D eigenvalue weighted by Crippen LogP contribution is -2.57. The molecule has 5 fully saturated rings. The average Bonchev–Trinajstić information content (AvgIpc) is 2.93. The van der Waals surface area contributed by atoms with Crippen LogP contribution in [0.2, 0.25) is 0 Å². The minimum absolute atomic E-state index is 0.0399. The molecule has 0 N–H and O–H groups in total. The molecule has 6 nitrogen and oxygen atoms in total. The van der Waals surface area contributed by atoms with Gasteiger partial charge in [-0.3, -0.25) is 0 Å². The van der Waals surface area contributed by atoms with Gasteiger partial charge in [0.1, 0.15) is 12.7 Å². The lowest BCUT2D eigenvalue weighted by Gasteiger charge is -2.52. The van der Waals surface area contributed by atoms with Crippen LogP contribution in [0.25, 0.3) is 0 Å². The van der Waals surface area contributed by atoms with E-state index >= 15 is 0 Å². The zero-order valence-corrected chi connectivity index (χ0v) is 14.4. The maximum absolute atomic E-state index is 12.4. The van der Waals surface area contributed by atoms with Gasteiger partial charge in [0, 0.05) is 27.9 Å². The predicted molar refractivity (Wildman–Crippen MR) is 85.7 cm³/mol. The molecule has 9 atom stereocenters. The topological polar surface area (TPSA) is 70.4 Å². The molecule has 0 radical (unpaired) electrons. The number of ether oxygens (including phenoxy) is 4. The van der Waals surface area contributed by atoms with Crippen LogP contribution in [0.15, 0.2) is 34.7 Å². The van der Waals surface area contributed by atoms with Crippen LogP contribution in [-0.4, -0.2) is 37.2 Å². The number of furan rings is 1. The summed E-state index contributed by atoms with van der Waals surface area (Å²) < 4.78 is 29.7. The summed E-state index contributed by atoms with van der Waals surface area (Å²) in [5, 5.41) is 0. The van der Waals surface area contributed by atoms with Crippen LogP contribution < -0.4 is 0 Å². The zero-order valence-electron chi connectivity index (χ0n) is 14.4. The summed E-state index contributed by atoms with van der Waals surface area (Å²) >= 11 is 0. The molecule has 2 bridgehead atoms. The van der Waals surface area contributed by atoms with Gasteiger partial charge in [-0.2, -0.15) is 0 Å². The highest BCUT2D eigenvalue weighted by atomic mass is 16.7. The van der Waals surface area contributed by atoms with Crippen molar-refractivity contribution in [3.63, 3.8) is 0 Å². The van der Waals surface area contributed by atoms with Crippen molar-refractivity contribution in [2.24, 2.45) is 22.7 Å². The Hall–Kier alpha value is -1.63. The smallest absolute Gasteiger partial charge is 0.334 e. The van der Waals surface area contributed by atoms with Crippen LogP contribution in [0, 0.1) is 22.7 Å². The first-order valence-corrected chi connectivity index (χ1v) is 9.51. The molecule has 1 aromatic rings. The molecule has 0 amide bonds. The van der Waals surface area contributed by atoms with Crippen molar-refractivity contribution in [3.8, 4) is 0 Å². The van der Waals surface area contributed by atoms with Crippen molar-refractivity contribution in [1.82, 2.24) is 0 Å². The molecule has 1 saturated carbocycles. The second-order valence-corrected chi connectivity index (χ2v) is 8.85. The highest BCUT2D eigenvalue weighted by Crippen LogP contribution is 2.74. The van der Waals surface area contributed by atoms with Crippen molar-refractivity contribution < 1.29 is 28.2 Å². The Balaban J connectivity index is 1.40. The highest BCUT2D eigenvalue weighted by Gasteiger charge is 2.79. The minimum atomic E-state index is -0.282. The van der Waals surface area contributed by atoms with Crippen molar-refractivity contribution in [3.05, 3.63) is 35.8 Å². The first-order valence-electron chi connectivity index (χ1n) is 9.51. The summed E-state index contributed by atoms with van der Waals surface area (Å²) in [4.78, 5) is 12.4. The van der Waals surface area contributed by atoms with Gasteiger partial charge in [0.2, 0.25) is 0 Å². The number of epoxide rings is 1. The molecule has 5 heterocycles. The lowest BCUT2D eigenvalue weighted by atomic mass is 9.46. The van der Waals surface area contributed by atoms with Crippen LogP contribution in [0.3, 0.4) is 0 Å². The molecule has 7 rings (SSSR count). The highest BCUT2D eigenvalue weighted by molar-refractivity contribution is 5.93. The quantitative estimate of drug-likeness (QED) is 0.568. The van der Waals surface area contributed by atoms with Gasteiger partial charge in [-0.1, -0.05) is 6.92 Å². The number of carbonyl (C=O) groups is 1. The van der Waals surface area contributed by atoms with Crippen molar-refractivity contribution in [2.75, 3.05) is 6.61 Å². The maximum Gasteiger partial charge on any atom is 0.334 e. The number of hydrogen-bond donors (Lipinski definition) is 0. The number of cyclic esters (lactones) is 1. The summed E-state index contributed by atoms with van der Waals surface area (Å²) in [6.45, 7) is 2.73. The first-order chi connectivity index (χ1) is 12.6. The Morgan fingerprint density at radius 2 is 2.12 bits per heavy atom. The van der Waals surface area contributed by atoms with E-state index < -0.39 is 0 Å². The fraction of sp³-hybridized carbons (Fsp3) is 0.650. The van der Waals surface area contributed by atoms with Crippen LogP contribution in [0.1, 0.15) is 31.4 Å². The summed E-state index contributed by atoms with van der Waals surface area (Å²) in [7, 11) is 0. The fourth-order valence-electron chi connectivity index (χ4n) is 6.90. The summed E-state index contributed by atoms with van der Waals surface area (Å²) in [5.74, 6) is 0.387. The van der Waals surface area contributed by atoms with Crippen LogP contribution in [0.4, 0.5) is 0 Å². The molecule has 2 aliphatic carbocycles. The Morgan fingerprint density at radius 3 is 2.96 bits per heavy atom. The summed E-state index contributed by atoms with van der Waals surface area (Å²) in [5.41, 5.74) is 1.44. The predicted octanol–water partition coefficient (Wildman–Crippen LogP) is 2.36. The van der Waals surface area contributed by atoms with Gasteiger partial charge >= 0.3 is 5.97 Å². The molecular weight excluding hydrogens is 336 g/mol. The third-order valence-corrected chi connectivity index (χ3v) is 8.06. The molecule has 0 aromatic carbocycles. The van der Waals surface area contributed by atoms with Gasteiger partial charge in [-0.05, 0) is 30.9 Å². The van der Waals surface area contributed by atoms with E-state index in [1.807, 2.05) is 12.1 Å². The number of rotatable bonds is 1. The van der Waals surface area contributed by atoms with Crippen molar-refractivity contribution >= 4 is 5.97 Å². The van der Waals surface area contributed by atoms with E-state index in [2.05, 4.69) is 6.92 Å². The standard InChI is InChI=1S/C20H20O6/c1-9-13-5-19-8-23-17(21)11(19)4-12-15(24-12)16(19)20(9)6-14(26-18(20)25-13)10-2-3-22-7-10/h2-4,7,9,12-16,18H,5-6,8H2,1H3/t9-,12-,13+,14-,15-,16-,18-,19+,20-/m1/s1. The van der Waals surface area contributed by atoms with Crippen LogP contribution in [0.5, 0.6) is 0 Å². The largest absolute Gasteiger partial charge is 0.472 e. The molecule has 1 aromatic heterocycles. The fourth-order valence-corrected chi connectivity index (χ4v) is 6.90. The number of fused-ring (bicyclic) bond motifs is 3. The maximum atomic E-state index is 12.4. The third kappa shape index (κ3) is 1.40. The van der Waals surface area contributed by atoms with E-state index in [1.54, 1.807) is 12.5 Å². The molecule has 6 aliphatic rings. The molecule has 2 spiro atoms. The second kappa shape index (κ2) is 4.26. The number of hydrogen-bond acceptors (Lipinski definition) is 6. The van der Waals surface area contributed by atoms with E-state index in [0.717, 1.165) is 24.0 Å². The first kappa shape index (κ1) is 14.4. The molecule has 0 unspecified atom stereocenters. The number of carbonyl (C=O) groups excluding carboxylic acids is 1. The Kier molecular flexibility index (Phi) is 2.37. The SMILES string of the molecule is C[C@@H]1[C@@H]2C[C@]34COC(=O)C3=C[C@H]3O[C@H]3[C@H]4[C@@]13C[C@H](c1ccoc1)O[C@H]3O2. The molecule has 6 heteroatoms. The van der Waals surface area contributed by atoms with E-state index in [0.29, 0.717) is 12.5 Å². The van der Waals surface area contributed by atoms with Gasteiger partial charge in [0.05, 0.1) is 30.8 Å². The zero-order chi connectivity index (χ0) is 17.3. The summed E-state index contributed by atoms with van der Waals surface area (Å²) in [6, 6.07) is 1.97. The van der Waals surface area contributed by atoms with Gasteiger partial charge in [-0.15, -0.1) is 0 Å². The van der Waals surface area contributed by atoms with Crippen molar-refractivity contribution in [2.45, 2.75) is 50.5 Å². The van der Waals surface area contributed by atoms with Gasteiger partial charge < -0.3 is 23.4 Å². The van der Waals surface area contributed by atoms with E-state index in [-0.39, 0.29) is 53.4 Å². The van der Waals surface area contributed by atoms with Crippen LogP contribution >= 0.6 is 0 Å². The number of esters is 1. The Labute approximate surface area is 150 Å². The lowest BCUT2D eigenvalue weighted by molar-refractivity contribution is -0.151. The monoisotopic (exact) mass is 356 g/mol. The second-order valence-electron chi connectivity index (χ2n) is 8.85. The van der Waals surface area contributed by atoms with Gasteiger partial charge in [0.15, 0.2) is 6.29 Å².